The van der Waals surface area contributed by atoms with Crippen LogP contribution in [0.1, 0.15) is 83.6 Å². The molecule has 1 saturated carbocycles. The van der Waals surface area contributed by atoms with Crippen LogP contribution >= 0.6 is 0 Å². The van der Waals surface area contributed by atoms with Gasteiger partial charge in [0, 0.05) is 17.9 Å². The lowest BCUT2D eigenvalue weighted by Gasteiger charge is -2.32. The first-order valence-corrected chi connectivity index (χ1v) is 9.56. The van der Waals surface area contributed by atoms with Crippen molar-refractivity contribution in [2.45, 2.75) is 90.3 Å². The van der Waals surface area contributed by atoms with E-state index in [1.165, 1.54) is 12.0 Å². The molecule has 134 valence electrons. The first-order valence-electron chi connectivity index (χ1n) is 9.56. The molecule has 1 aromatic carbocycles. The van der Waals surface area contributed by atoms with E-state index in [9.17, 15) is 4.79 Å². The molecule has 0 amide bonds. The molecule has 0 saturated heterocycles. The predicted molar refractivity (Wildman–Crippen MR) is 97.4 cm³/mol. The maximum absolute atomic E-state index is 12.2. The SMILES string of the molecule is CCCCCC(=O)O[C@@H]1CCCC[C@H]1c1ccccc1OC(C)C. The zero-order valence-corrected chi connectivity index (χ0v) is 15.4. The molecule has 0 spiro atoms. The number of carbonyl (C=O) groups is 1. The van der Waals surface area contributed by atoms with Gasteiger partial charge in [-0.15, -0.1) is 0 Å². The number of hydrogen-bond donors (Lipinski definition) is 0. The molecule has 1 aromatic rings. The fourth-order valence-corrected chi connectivity index (χ4v) is 3.49. The Morgan fingerprint density at radius 2 is 1.92 bits per heavy atom. The highest BCUT2D eigenvalue weighted by Crippen LogP contribution is 2.39. The average molecular weight is 332 g/mol. The fourth-order valence-electron chi connectivity index (χ4n) is 3.49. The molecule has 0 unspecified atom stereocenters. The van der Waals surface area contributed by atoms with Crippen molar-refractivity contribution < 1.29 is 14.3 Å². The van der Waals surface area contributed by atoms with Crippen LogP contribution in [0.4, 0.5) is 0 Å². The van der Waals surface area contributed by atoms with Crippen LogP contribution in [0.5, 0.6) is 5.75 Å². The Morgan fingerprint density at radius 1 is 1.17 bits per heavy atom. The number of para-hydroxylation sites is 1. The van der Waals surface area contributed by atoms with Gasteiger partial charge in [0.1, 0.15) is 11.9 Å². The van der Waals surface area contributed by atoms with Crippen LogP contribution in [0, 0.1) is 0 Å². The molecule has 3 nitrogen and oxygen atoms in total. The van der Waals surface area contributed by atoms with Gasteiger partial charge in [0.05, 0.1) is 6.10 Å². The highest BCUT2D eigenvalue weighted by molar-refractivity contribution is 5.69. The highest BCUT2D eigenvalue weighted by Gasteiger charge is 2.31. The van der Waals surface area contributed by atoms with Crippen molar-refractivity contribution in [2.75, 3.05) is 0 Å². The minimum atomic E-state index is -0.0393. The number of unbranched alkanes of at least 4 members (excludes halogenated alkanes) is 2. The minimum Gasteiger partial charge on any atom is -0.491 e. The monoisotopic (exact) mass is 332 g/mol. The molecule has 0 heterocycles. The lowest BCUT2D eigenvalue weighted by Crippen LogP contribution is -2.29. The van der Waals surface area contributed by atoms with Crippen LogP contribution in [0.2, 0.25) is 0 Å². The number of hydrogen-bond acceptors (Lipinski definition) is 3. The number of rotatable bonds is 8. The van der Waals surface area contributed by atoms with E-state index < -0.39 is 0 Å². The Kier molecular flexibility index (Phi) is 7.61. The summed E-state index contributed by atoms with van der Waals surface area (Å²) in [5.41, 5.74) is 1.19. The van der Waals surface area contributed by atoms with Crippen LogP contribution in [0.25, 0.3) is 0 Å². The third-order valence-corrected chi connectivity index (χ3v) is 4.65. The Balaban J connectivity index is 2.07. The molecule has 1 aliphatic rings. The van der Waals surface area contributed by atoms with Gasteiger partial charge >= 0.3 is 5.97 Å². The summed E-state index contributed by atoms with van der Waals surface area (Å²) in [5, 5.41) is 0. The molecule has 0 N–H and O–H groups in total. The summed E-state index contributed by atoms with van der Waals surface area (Å²) in [6.07, 6.45) is 8.16. The molecule has 0 bridgehead atoms. The second-order valence-electron chi connectivity index (χ2n) is 7.08. The van der Waals surface area contributed by atoms with E-state index in [0.717, 1.165) is 44.3 Å². The molecule has 1 aliphatic carbocycles. The smallest absolute Gasteiger partial charge is 0.306 e. The van der Waals surface area contributed by atoms with E-state index in [0.29, 0.717) is 6.42 Å². The van der Waals surface area contributed by atoms with E-state index in [-0.39, 0.29) is 24.1 Å². The molecular weight excluding hydrogens is 300 g/mol. The van der Waals surface area contributed by atoms with Crippen molar-refractivity contribution in [1.82, 2.24) is 0 Å². The Labute approximate surface area is 146 Å². The lowest BCUT2D eigenvalue weighted by atomic mass is 9.81. The third kappa shape index (κ3) is 5.54. The van der Waals surface area contributed by atoms with E-state index in [4.69, 9.17) is 9.47 Å². The molecule has 2 rings (SSSR count). The first kappa shape index (κ1) is 18.8. The molecule has 0 radical (unpaired) electrons. The van der Waals surface area contributed by atoms with Gasteiger partial charge in [-0.25, -0.2) is 0 Å². The molecule has 2 atom stereocenters. The van der Waals surface area contributed by atoms with Crippen LogP contribution in [0.3, 0.4) is 0 Å². The van der Waals surface area contributed by atoms with Gasteiger partial charge in [0.2, 0.25) is 0 Å². The lowest BCUT2D eigenvalue weighted by molar-refractivity contribution is -0.151. The van der Waals surface area contributed by atoms with Crippen molar-refractivity contribution in [2.24, 2.45) is 0 Å². The topological polar surface area (TPSA) is 35.5 Å². The van der Waals surface area contributed by atoms with Crippen LogP contribution in [0.15, 0.2) is 24.3 Å². The van der Waals surface area contributed by atoms with E-state index in [1.54, 1.807) is 0 Å². The summed E-state index contributed by atoms with van der Waals surface area (Å²) in [4.78, 5) is 12.2. The van der Waals surface area contributed by atoms with Gasteiger partial charge in [0.15, 0.2) is 0 Å². The van der Waals surface area contributed by atoms with Gasteiger partial charge in [-0.3, -0.25) is 4.79 Å². The van der Waals surface area contributed by atoms with Gasteiger partial charge < -0.3 is 9.47 Å². The molecule has 24 heavy (non-hydrogen) atoms. The summed E-state index contributed by atoms with van der Waals surface area (Å²) in [6.45, 7) is 6.24. The quantitative estimate of drug-likeness (QED) is 0.457. The fraction of sp³-hybridized carbons (Fsp3) is 0.667. The number of carbonyl (C=O) groups excluding carboxylic acids is 1. The predicted octanol–water partition coefficient (Wildman–Crippen LogP) is 5.62. The summed E-state index contributed by atoms with van der Waals surface area (Å²) >= 11 is 0. The van der Waals surface area contributed by atoms with Crippen LogP contribution in [-0.4, -0.2) is 18.2 Å². The van der Waals surface area contributed by atoms with Gasteiger partial charge in [-0.05, 0) is 45.6 Å². The molecule has 0 aliphatic heterocycles. The zero-order valence-electron chi connectivity index (χ0n) is 15.4. The van der Waals surface area contributed by atoms with Crippen molar-refractivity contribution in [3.8, 4) is 5.75 Å². The van der Waals surface area contributed by atoms with Gasteiger partial charge in [0.25, 0.3) is 0 Å². The normalized spacial score (nSPS) is 20.8. The van der Waals surface area contributed by atoms with E-state index >= 15 is 0 Å². The molecule has 3 heteroatoms. The first-order chi connectivity index (χ1) is 11.6. The maximum Gasteiger partial charge on any atom is 0.306 e. The largest absolute Gasteiger partial charge is 0.491 e. The number of esters is 1. The molecular formula is C21H32O3. The Bertz CT molecular complexity index is 510. The van der Waals surface area contributed by atoms with Crippen molar-refractivity contribution >= 4 is 5.97 Å². The van der Waals surface area contributed by atoms with Crippen molar-refractivity contribution in [3.63, 3.8) is 0 Å². The molecule has 0 aromatic heterocycles. The van der Waals surface area contributed by atoms with Crippen molar-refractivity contribution in [1.29, 1.82) is 0 Å². The van der Waals surface area contributed by atoms with Crippen LogP contribution < -0.4 is 4.74 Å². The maximum atomic E-state index is 12.2. The average Bonchev–Trinajstić information content (AvgIpc) is 2.56. The third-order valence-electron chi connectivity index (χ3n) is 4.65. The standard InChI is InChI=1S/C21H32O3/c1-4-5-6-15-21(22)24-20-14-10-8-12-18(20)17-11-7-9-13-19(17)23-16(2)3/h7,9,11,13,16,18,20H,4-6,8,10,12,14-15H2,1-3H3/t18-,20+/m0/s1. The summed E-state index contributed by atoms with van der Waals surface area (Å²) in [7, 11) is 0. The van der Waals surface area contributed by atoms with E-state index in [2.05, 4.69) is 19.1 Å². The van der Waals surface area contributed by atoms with Crippen LogP contribution in [-0.2, 0) is 9.53 Å². The highest BCUT2D eigenvalue weighted by atomic mass is 16.5. The Hall–Kier alpha value is -1.51. The van der Waals surface area contributed by atoms with Gasteiger partial charge in [-0.2, -0.15) is 0 Å². The minimum absolute atomic E-state index is 0.00945. The zero-order chi connectivity index (χ0) is 17.4. The van der Waals surface area contributed by atoms with Crippen molar-refractivity contribution in [3.05, 3.63) is 29.8 Å². The summed E-state index contributed by atoms with van der Waals surface area (Å²) in [5.74, 6) is 1.15. The summed E-state index contributed by atoms with van der Waals surface area (Å²) in [6, 6.07) is 8.22. The van der Waals surface area contributed by atoms with Gasteiger partial charge in [-0.1, -0.05) is 44.4 Å². The second-order valence-corrected chi connectivity index (χ2v) is 7.08. The number of benzene rings is 1. The Morgan fingerprint density at radius 3 is 2.67 bits per heavy atom. The number of ether oxygens (including phenoxy) is 2. The summed E-state index contributed by atoms with van der Waals surface area (Å²) < 4.78 is 11.9. The second kappa shape index (κ2) is 9.71. The van der Waals surface area contributed by atoms with E-state index in [1.807, 2.05) is 26.0 Å². The molecule has 1 fully saturated rings.